The molecule has 2 N–H and O–H groups in total. The van der Waals surface area contributed by atoms with E-state index in [0.29, 0.717) is 6.04 Å². The molecule has 0 heterocycles. The van der Waals surface area contributed by atoms with Gasteiger partial charge in [0.1, 0.15) is 0 Å². The first kappa shape index (κ1) is 17.0. The summed E-state index contributed by atoms with van der Waals surface area (Å²) in [6, 6.07) is 0.624. The quantitative estimate of drug-likeness (QED) is 0.586. The van der Waals surface area contributed by atoms with Crippen LogP contribution in [0.5, 0.6) is 0 Å². The second-order valence-corrected chi connectivity index (χ2v) is 6.70. The summed E-state index contributed by atoms with van der Waals surface area (Å²) in [6.45, 7) is 10.3. The molecule has 0 unspecified atom stereocenters. The summed E-state index contributed by atoms with van der Waals surface area (Å²) < 4.78 is 0. The average molecular weight is 268 g/mol. The second-order valence-electron chi connectivity index (χ2n) is 6.70. The van der Waals surface area contributed by atoms with E-state index in [9.17, 15) is 0 Å². The van der Waals surface area contributed by atoms with Gasteiger partial charge in [-0.25, -0.2) is 0 Å². The molecular weight excluding hydrogens is 232 g/mol. The average Bonchev–Trinajstić information content (AvgIpc) is 2.41. The van der Waals surface area contributed by atoms with Crippen LogP contribution in [0.2, 0.25) is 0 Å². The standard InChI is InChI=1S/C17H36N2/c1-4-5-7-16-8-10-17(11-9-16)14-18-12-6-13-19-15(2)3/h15-19H,4-14H2,1-3H3. The van der Waals surface area contributed by atoms with Crippen molar-refractivity contribution < 1.29 is 0 Å². The van der Waals surface area contributed by atoms with Crippen molar-refractivity contribution in [1.29, 1.82) is 0 Å². The molecule has 0 amide bonds. The predicted octanol–water partition coefficient (Wildman–Crippen LogP) is 3.96. The zero-order chi connectivity index (χ0) is 13.9. The van der Waals surface area contributed by atoms with E-state index in [-0.39, 0.29) is 0 Å². The molecule has 1 aliphatic carbocycles. The Morgan fingerprint density at radius 3 is 2.26 bits per heavy atom. The number of nitrogens with one attached hydrogen (secondary N) is 2. The summed E-state index contributed by atoms with van der Waals surface area (Å²) in [6.07, 6.45) is 11.4. The van der Waals surface area contributed by atoms with Gasteiger partial charge >= 0.3 is 0 Å². The molecule has 0 saturated heterocycles. The molecule has 0 radical (unpaired) electrons. The summed E-state index contributed by atoms with van der Waals surface area (Å²) in [5, 5.41) is 7.12. The predicted molar refractivity (Wildman–Crippen MR) is 85.6 cm³/mol. The van der Waals surface area contributed by atoms with Crippen LogP contribution in [0.1, 0.15) is 72.1 Å². The molecule has 2 heteroatoms. The lowest BCUT2D eigenvalue weighted by molar-refractivity contribution is 0.254. The maximum atomic E-state index is 3.65. The molecule has 0 aromatic rings. The highest BCUT2D eigenvalue weighted by molar-refractivity contribution is 4.74. The lowest BCUT2D eigenvalue weighted by Crippen LogP contribution is -2.30. The van der Waals surface area contributed by atoms with Crippen LogP contribution in [0.4, 0.5) is 0 Å². The molecule has 0 aliphatic heterocycles. The van der Waals surface area contributed by atoms with Crippen molar-refractivity contribution in [2.24, 2.45) is 11.8 Å². The van der Waals surface area contributed by atoms with Gasteiger partial charge in [0, 0.05) is 6.04 Å². The minimum Gasteiger partial charge on any atom is -0.316 e. The van der Waals surface area contributed by atoms with Gasteiger partial charge in [-0.2, -0.15) is 0 Å². The third-order valence-corrected chi connectivity index (χ3v) is 4.45. The Labute approximate surface area is 121 Å². The van der Waals surface area contributed by atoms with Crippen LogP contribution >= 0.6 is 0 Å². The molecule has 0 bridgehead atoms. The van der Waals surface area contributed by atoms with E-state index in [1.807, 2.05) is 0 Å². The number of hydrogen-bond acceptors (Lipinski definition) is 2. The monoisotopic (exact) mass is 268 g/mol. The van der Waals surface area contributed by atoms with E-state index in [0.717, 1.165) is 18.4 Å². The minimum absolute atomic E-state index is 0.624. The third-order valence-electron chi connectivity index (χ3n) is 4.45. The van der Waals surface area contributed by atoms with Gasteiger partial charge in [0.2, 0.25) is 0 Å². The lowest BCUT2D eigenvalue weighted by Gasteiger charge is -2.28. The van der Waals surface area contributed by atoms with Gasteiger partial charge in [0.05, 0.1) is 0 Å². The fourth-order valence-electron chi connectivity index (χ4n) is 3.13. The largest absolute Gasteiger partial charge is 0.316 e. The van der Waals surface area contributed by atoms with Gasteiger partial charge in [0.15, 0.2) is 0 Å². The fourth-order valence-corrected chi connectivity index (χ4v) is 3.13. The van der Waals surface area contributed by atoms with Crippen molar-refractivity contribution in [1.82, 2.24) is 10.6 Å². The van der Waals surface area contributed by atoms with Gasteiger partial charge in [-0.3, -0.25) is 0 Å². The molecule has 2 nitrogen and oxygen atoms in total. The minimum atomic E-state index is 0.624. The maximum Gasteiger partial charge on any atom is 0.00103 e. The molecule has 1 aliphatic rings. The van der Waals surface area contributed by atoms with Gasteiger partial charge in [-0.1, -0.05) is 52.9 Å². The Hall–Kier alpha value is -0.0800. The molecule has 0 atom stereocenters. The lowest BCUT2D eigenvalue weighted by atomic mass is 9.80. The van der Waals surface area contributed by atoms with Crippen LogP contribution in [-0.4, -0.2) is 25.7 Å². The Morgan fingerprint density at radius 2 is 1.63 bits per heavy atom. The Balaban J connectivity index is 1.92. The van der Waals surface area contributed by atoms with Crippen LogP contribution < -0.4 is 10.6 Å². The summed E-state index contributed by atoms with van der Waals surface area (Å²) >= 11 is 0. The van der Waals surface area contributed by atoms with E-state index in [2.05, 4.69) is 31.4 Å². The first-order valence-electron chi connectivity index (χ1n) is 8.66. The number of unbranched alkanes of at least 4 members (excludes halogenated alkanes) is 1. The van der Waals surface area contributed by atoms with Gasteiger partial charge in [-0.15, -0.1) is 0 Å². The fraction of sp³-hybridized carbons (Fsp3) is 1.00. The molecule has 1 rings (SSSR count). The highest BCUT2D eigenvalue weighted by Crippen LogP contribution is 2.31. The van der Waals surface area contributed by atoms with Crippen LogP contribution in [0.15, 0.2) is 0 Å². The Bertz CT molecular complexity index is 195. The molecular formula is C17H36N2. The second kappa shape index (κ2) is 10.7. The smallest absolute Gasteiger partial charge is 0.00103 e. The SMILES string of the molecule is CCCCC1CCC(CNCCCNC(C)C)CC1. The Kier molecular flexibility index (Phi) is 9.54. The highest BCUT2D eigenvalue weighted by atomic mass is 14.9. The van der Waals surface area contributed by atoms with E-state index >= 15 is 0 Å². The van der Waals surface area contributed by atoms with E-state index in [1.165, 1.54) is 64.5 Å². The molecule has 0 spiro atoms. The molecule has 114 valence electrons. The Morgan fingerprint density at radius 1 is 0.947 bits per heavy atom. The van der Waals surface area contributed by atoms with Crippen molar-refractivity contribution in [3.63, 3.8) is 0 Å². The van der Waals surface area contributed by atoms with Crippen molar-refractivity contribution in [3.05, 3.63) is 0 Å². The summed E-state index contributed by atoms with van der Waals surface area (Å²) in [5.74, 6) is 2.00. The number of rotatable bonds is 10. The van der Waals surface area contributed by atoms with Crippen LogP contribution in [0, 0.1) is 11.8 Å². The maximum absolute atomic E-state index is 3.65. The van der Waals surface area contributed by atoms with Gasteiger partial charge in [-0.05, 0) is 50.7 Å². The summed E-state index contributed by atoms with van der Waals surface area (Å²) in [5.41, 5.74) is 0. The van der Waals surface area contributed by atoms with Gasteiger partial charge in [0.25, 0.3) is 0 Å². The van der Waals surface area contributed by atoms with E-state index in [1.54, 1.807) is 0 Å². The highest BCUT2D eigenvalue weighted by Gasteiger charge is 2.20. The zero-order valence-electron chi connectivity index (χ0n) is 13.5. The first-order valence-corrected chi connectivity index (χ1v) is 8.66. The molecule has 1 saturated carbocycles. The van der Waals surface area contributed by atoms with Gasteiger partial charge < -0.3 is 10.6 Å². The third kappa shape index (κ3) is 8.65. The number of hydrogen-bond donors (Lipinski definition) is 2. The van der Waals surface area contributed by atoms with Crippen molar-refractivity contribution in [2.75, 3.05) is 19.6 Å². The molecule has 0 aromatic heterocycles. The molecule has 1 fully saturated rings. The summed E-state index contributed by atoms with van der Waals surface area (Å²) in [4.78, 5) is 0. The van der Waals surface area contributed by atoms with Crippen LogP contribution in [0.3, 0.4) is 0 Å². The zero-order valence-corrected chi connectivity index (χ0v) is 13.5. The van der Waals surface area contributed by atoms with Crippen LogP contribution in [0.25, 0.3) is 0 Å². The van der Waals surface area contributed by atoms with Crippen molar-refractivity contribution in [3.8, 4) is 0 Å². The van der Waals surface area contributed by atoms with Crippen molar-refractivity contribution >= 4 is 0 Å². The first-order chi connectivity index (χ1) is 9.22. The van der Waals surface area contributed by atoms with Crippen molar-refractivity contribution in [2.45, 2.75) is 78.2 Å². The summed E-state index contributed by atoms with van der Waals surface area (Å²) in [7, 11) is 0. The molecule has 19 heavy (non-hydrogen) atoms. The topological polar surface area (TPSA) is 24.1 Å². The normalized spacial score (nSPS) is 24.0. The molecule has 0 aromatic carbocycles. The van der Waals surface area contributed by atoms with E-state index < -0.39 is 0 Å². The van der Waals surface area contributed by atoms with Crippen LogP contribution in [-0.2, 0) is 0 Å². The van der Waals surface area contributed by atoms with E-state index in [4.69, 9.17) is 0 Å².